The average molecular weight is 263 g/mol. The molecule has 0 aliphatic heterocycles. The number of rotatable bonds is 4. The zero-order valence-electron chi connectivity index (χ0n) is 8.88. The summed E-state index contributed by atoms with van der Waals surface area (Å²) in [5.74, 6) is -2.04. The largest absolute Gasteiger partial charge is 0.460 e. The van der Waals surface area contributed by atoms with E-state index in [-0.39, 0.29) is 17.2 Å². The molecular weight excluding hydrogens is 254 g/mol. The minimum Gasteiger partial charge on any atom is -0.460 e. The van der Waals surface area contributed by atoms with Crippen molar-refractivity contribution in [3.8, 4) is 0 Å². The zero-order valence-corrected chi connectivity index (χ0v) is 9.63. The van der Waals surface area contributed by atoms with Crippen molar-refractivity contribution in [3.05, 3.63) is 34.3 Å². The maximum Gasteiger partial charge on any atom is 0.379 e. The molecule has 0 aliphatic carbocycles. The first kappa shape index (κ1) is 13.6. The molecule has 0 amide bonds. The van der Waals surface area contributed by atoms with Crippen molar-refractivity contribution in [2.24, 2.45) is 0 Å². The van der Waals surface area contributed by atoms with Crippen molar-refractivity contribution in [1.82, 2.24) is 0 Å². The molecule has 0 N–H and O–H groups in total. The zero-order chi connectivity index (χ0) is 13.0. The van der Waals surface area contributed by atoms with E-state index in [1.807, 2.05) is 0 Å². The first-order chi connectivity index (χ1) is 7.97. The molecule has 1 aromatic carbocycles. The van der Waals surface area contributed by atoms with Gasteiger partial charge in [-0.15, -0.1) is 0 Å². The SMILES string of the molecule is CCOC(=O)C(=O)c1ccc(Cl)c(C(F)F)c1. The predicted octanol–water partition coefficient (Wildman–Crippen LogP) is 3.02. The second-order valence-electron chi connectivity index (χ2n) is 3.09. The Bertz CT molecular complexity index is 446. The number of carbonyl (C=O) groups excluding carboxylic acids is 2. The third-order valence-electron chi connectivity index (χ3n) is 1.95. The van der Waals surface area contributed by atoms with Crippen LogP contribution >= 0.6 is 11.6 Å². The summed E-state index contributed by atoms with van der Waals surface area (Å²) in [4.78, 5) is 22.6. The lowest BCUT2D eigenvalue weighted by Crippen LogP contribution is -2.17. The maximum atomic E-state index is 12.5. The molecule has 0 radical (unpaired) electrons. The van der Waals surface area contributed by atoms with E-state index in [1.165, 1.54) is 13.0 Å². The minimum absolute atomic E-state index is 0.0415. The van der Waals surface area contributed by atoms with Gasteiger partial charge in [0.25, 0.3) is 12.2 Å². The second-order valence-corrected chi connectivity index (χ2v) is 3.49. The van der Waals surface area contributed by atoms with Gasteiger partial charge in [0.1, 0.15) is 0 Å². The highest BCUT2D eigenvalue weighted by atomic mass is 35.5. The highest BCUT2D eigenvalue weighted by molar-refractivity contribution is 6.41. The molecule has 0 aromatic heterocycles. The van der Waals surface area contributed by atoms with Crippen LogP contribution in [0.25, 0.3) is 0 Å². The predicted molar refractivity (Wildman–Crippen MR) is 57.4 cm³/mol. The van der Waals surface area contributed by atoms with E-state index < -0.39 is 23.7 Å². The molecule has 0 saturated carbocycles. The van der Waals surface area contributed by atoms with Gasteiger partial charge in [-0.05, 0) is 25.1 Å². The van der Waals surface area contributed by atoms with Crippen LogP contribution in [-0.2, 0) is 9.53 Å². The van der Waals surface area contributed by atoms with E-state index >= 15 is 0 Å². The third-order valence-corrected chi connectivity index (χ3v) is 2.30. The molecule has 1 aromatic rings. The van der Waals surface area contributed by atoms with E-state index in [0.29, 0.717) is 0 Å². The molecule has 0 saturated heterocycles. The number of hydrogen-bond acceptors (Lipinski definition) is 3. The Balaban J connectivity index is 3.03. The van der Waals surface area contributed by atoms with Crippen LogP contribution < -0.4 is 0 Å². The van der Waals surface area contributed by atoms with Gasteiger partial charge >= 0.3 is 5.97 Å². The summed E-state index contributed by atoms with van der Waals surface area (Å²) in [5, 5.41) is -0.152. The highest BCUT2D eigenvalue weighted by Crippen LogP contribution is 2.27. The summed E-state index contributed by atoms with van der Waals surface area (Å²) in [6, 6.07) is 3.25. The molecule has 0 bridgehead atoms. The monoisotopic (exact) mass is 262 g/mol. The van der Waals surface area contributed by atoms with Crippen LogP contribution in [0.4, 0.5) is 8.78 Å². The maximum absolute atomic E-state index is 12.5. The summed E-state index contributed by atoms with van der Waals surface area (Å²) >= 11 is 5.53. The molecular formula is C11H9ClF2O3. The van der Waals surface area contributed by atoms with E-state index in [2.05, 4.69) is 4.74 Å². The van der Waals surface area contributed by atoms with Gasteiger partial charge in [0.05, 0.1) is 6.61 Å². The van der Waals surface area contributed by atoms with E-state index in [4.69, 9.17) is 11.6 Å². The molecule has 0 spiro atoms. The van der Waals surface area contributed by atoms with Crippen molar-refractivity contribution in [2.45, 2.75) is 13.3 Å². The fourth-order valence-corrected chi connectivity index (χ4v) is 1.37. The summed E-state index contributed by atoms with van der Waals surface area (Å²) < 4.78 is 29.5. The Morgan fingerprint density at radius 2 is 2.06 bits per heavy atom. The number of hydrogen-bond donors (Lipinski definition) is 0. The van der Waals surface area contributed by atoms with Gasteiger partial charge in [-0.1, -0.05) is 11.6 Å². The first-order valence-electron chi connectivity index (χ1n) is 4.76. The lowest BCUT2D eigenvalue weighted by molar-refractivity contribution is -0.137. The number of Topliss-reactive ketones (excluding diaryl/α,β-unsaturated/α-hetero) is 1. The fraction of sp³-hybridized carbons (Fsp3) is 0.273. The quantitative estimate of drug-likeness (QED) is 0.476. The van der Waals surface area contributed by atoms with Crippen LogP contribution in [-0.4, -0.2) is 18.4 Å². The molecule has 0 aliphatic rings. The van der Waals surface area contributed by atoms with Crippen molar-refractivity contribution < 1.29 is 23.1 Å². The molecule has 3 nitrogen and oxygen atoms in total. The van der Waals surface area contributed by atoms with Crippen LogP contribution in [0.1, 0.15) is 29.3 Å². The molecule has 0 fully saturated rings. The van der Waals surface area contributed by atoms with Crippen molar-refractivity contribution in [2.75, 3.05) is 6.61 Å². The standard InChI is InChI=1S/C11H9ClF2O3/c1-2-17-11(16)9(15)6-3-4-8(12)7(5-6)10(13)14/h3-5,10H,2H2,1H3. The Morgan fingerprint density at radius 3 is 2.59 bits per heavy atom. The third kappa shape index (κ3) is 3.23. The summed E-state index contributed by atoms with van der Waals surface area (Å²) in [6.07, 6.45) is -2.81. The minimum atomic E-state index is -2.81. The number of esters is 1. The average Bonchev–Trinajstić information content (AvgIpc) is 2.28. The van der Waals surface area contributed by atoms with Crippen LogP contribution in [0.15, 0.2) is 18.2 Å². The van der Waals surface area contributed by atoms with Gasteiger partial charge in [0.15, 0.2) is 0 Å². The fourth-order valence-electron chi connectivity index (χ4n) is 1.17. The van der Waals surface area contributed by atoms with Gasteiger partial charge in [-0.2, -0.15) is 0 Å². The van der Waals surface area contributed by atoms with Crippen molar-refractivity contribution >= 4 is 23.4 Å². The van der Waals surface area contributed by atoms with E-state index in [9.17, 15) is 18.4 Å². The lowest BCUT2D eigenvalue weighted by Gasteiger charge is -2.05. The normalized spacial score (nSPS) is 10.4. The highest BCUT2D eigenvalue weighted by Gasteiger charge is 2.20. The van der Waals surface area contributed by atoms with Gasteiger partial charge in [-0.3, -0.25) is 4.79 Å². The van der Waals surface area contributed by atoms with Crippen LogP contribution in [0, 0.1) is 0 Å². The Labute approximate surface area is 101 Å². The van der Waals surface area contributed by atoms with Crippen molar-refractivity contribution in [3.63, 3.8) is 0 Å². The summed E-state index contributed by atoms with van der Waals surface area (Å²) in [5.41, 5.74) is -0.648. The van der Waals surface area contributed by atoms with E-state index in [1.54, 1.807) is 0 Å². The first-order valence-corrected chi connectivity index (χ1v) is 5.14. The lowest BCUT2D eigenvalue weighted by atomic mass is 10.1. The van der Waals surface area contributed by atoms with Gasteiger partial charge in [0, 0.05) is 16.1 Å². The topological polar surface area (TPSA) is 43.4 Å². The summed E-state index contributed by atoms with van der Waals surface area (Å²) in [6.45, 7) is 1.58. The Morgan fingerprint density at radius 1 is 1.41 bits per heavy atom. The molecule has 17 heavy (non-hydrogen) atoms. The number of halogens is 3. The number of alkyl halides is 2. The number of ether oxygens (including phenoxy) is 1. The second kappa shape index (κ2) is 5.72. The molecule has 1 rings (SSSR count). The van der Waals surface area contributed by atoms with E-state index in [0.717, 1.165) is 12.1 Å². The molecule has 92 valence electrons. The van der Waals surface area contributed by atoms with Crippen LogP contribution in [0.3, 0.4) is 0 Å². The van der Waals surface area contributed by atoms with Gasteiger partial charge < -0.3 is 4.74 Å². The van der Waals surface area contributed by atoms with Crippen LogP contribution in [0.2, 0.25) is 5.02 Å². The summed E-state index contributed by atoms with van der Waals surface area (Å²) in [7, 11) is 0. The van der Waals surface area contributed by atoms with Gasteiger partial charge in [0.2, 0.25) is 0 Å². The molecule has 6 heteroatoms. The number of ketones is 1. The number of carbonyl (C=O) groups is 2. The Hall–Kier alpha value is -1.49. The van der Waals surface area contributed by atoms with Crippen LogP contribution in [0.5, 0.6) is 0 Å². The van der Waals surface area contributed by atoms with Gasteiger partial charge in [-0.25, -0.2) is 13.6 Å². The molecule has 0 atom stereocenters. The smallest absolute Gasteiger partial charge is 0.379 e. The molecule has 0 unspecified atom stereocenters. The van der Waals surface area contributed by atoms with Crippen molar-refractivity contribution in [1.29, 1.82) is 0 Å². The molecule has 0 heterocycles. The Kier molecular flexibility index (Phi) is 4.57. The number of benzene rings is 1.